The van der Waals surface area contributed by atoms with Crippen molar-refractivity contribution in [3.05, 3.63) is 30.3 Å². The van der Waals surface area contributed by atoms with Gasteiger partial charge in [0.1, 0.15) is 4.95 Å². The van der Waals surface area contributed by atoms with Gasteiger partial charge in [0.25, 0.3) is 0 Å². The summed E-state index contributed by atoms with van der Waals surface area (Å²) in [5.74, 6) is 0. The molecule has 0 amide bonds. The minimum atomic E-state index is 0.309. The molecule has 1 atom stereocenters. The minimum Gasteiger partial charge on any atom is -0.377 e. The Balaban J connectivity index is 2.15. The fourth-order valence-electron chi connectivity index (χ4n) is 1.48. The molecule has 0 saturated carbocycles. The van der Waals surface area contributed by atoms with E-state index in [1.54, 1.807) is 0 Å². The first-order valence-corrected chi connectivity index (χ1v) is 5.33. The molecule has 3 heteroatoms. The monoisotopic (exact) mass is 241 g/mol. The van der Waals surface area contributed by atoms with Gasteiger partial charge >= 0.3 is 0 Å². The summed E-state index contributed by atoms with van der Waals surface area (Å²) in [4.78, 5) is 2.62. The minimum absolute atomic E-state index is 0.309. The summed E-state index contributed by atoms with van der Waals surface area (Å²) < 4.78 is 5.34. The van der Waals surface area contributed by atoms with E-state index in [0.29, 0.717) is 4.95 Å². The molecule has 1 fully saturated rings. The first kappa shape index (κ1) is 9.03. The van der Waals surface area contributed by atoms with Crippen molar-refractivity contribution in [2.45, 2.75) is 4.95 Å². The van der Waals surface area contributed by atoms with Crippen LogP contribution in [0.5, 0.6) is 0 Å². The normalized spacial score (nSPS) is 23.2. The molecule has 0 aromatic heterocycles. The van der Waals surface area contributed by atoms with Crippen LogP contribution < -0.4 is 4.90 Å². The molecule has 1 aromatic rings. The number of alkyl halides is 1. The molecule has 0 N–H and O–H groups in total. The van der Waals surface area contributed by atoms with Crippen molar-refractivity contribution in [2.24, 2.45) is 0 Å². The number of para-hydroxylation sites is 1. The Labute approximate surface area is 86.6 Å². The predicted octanol–water partition coefficient (Wildman–Crippen LogP) is 2.24. The number of anilines is 1. The molecule has 0 spiro atoms. The van der Waals surface area contributed by atoms with Gasteiger partial charge in [0, 0.05) is 12.2 Å². The predicted molar refractivity (Wildman–Crippen MR) is 57.3 cm³/mol. The Hall–Kier alpha value is -0.540. The molecule has 1 aliphatic heterocycles. The summed E-state index contributed by atoms with van der Waals surface area (Å²) in [6, 6.07) is 10.4. The summed E-state index contributed by atoms with van der Waals surface area (Å²) in [7, 11) is 0. The number of morpholine rings is 1. The number of nitrogens with zero attached hydrogens (tertiary/aromatic N) is 1. The Morgan fingerprint density at radius 2 is 2.08 bits per heavy atom. The average Bonchev–Trinajstić information content (AvgIpc) is 2.20. The van der Waals surface area contributed by atoms with Crippen LogP contribution in [0.15, 0.2) is 30.3 Å². The van der Waals surface area contributed by atoms with Crippen LogP contribution in [0.1, 0.15) is 0 Å². The van der Waals surface area contributed by atoms with Crippen LogP contribution in [0, 0.1) is 0 Å². The summed E-state index contributed by atoms with van der Waals surface area (Å²) in [5.41, 5.74) is 1.26. The van der Waals surface area contributed by atoms with E-state index >= 15 is 0 Å². The fraction of sp³-hybridized carbons (Fsp3) is 0.400. The van der Waals surface area contributed by atoms with Crippen LogP contribution in [0.3, 0.4) is 0 Å². The van der Waals surface area contributed by atoms with E-state index in [2.05, 4.69) is 45.1 Å². The number of benzene rings is 1. The number of hydrogen-bond acceptors (Lipinski definition) is 2. The van der Waals surface area contributed by atoms with Crippen LogP contribution in [0.4, 0.5) is 5.69 Å². The van der Waals surface area contributed by atoms with Crippen molar-refractivity contribution in [1.82, 2.24) is 0 Å². The van der Waals surface area contributed by atoms with Crippen LogP contribution in [0.25, 0.3) is 0 Å². The zero-order valence-corrected chi connectivity index (χ0v) is 8.90. The number of ether oxygens (including phenoxy) is 1. The van der Waals surface area contributed by atoms with Gasteiger partial charge in [0.15, 0.2) is 0 Å². The second kappa shape index (κ2) is 4.11. The largest absolute Gasteiger partial charge is 0.377 e. The van der Waals surface area contributed by atoms with Gasteiger partial charge in [-0.2, -0.15) is 0 Å². The molecular formula is C10H12BrNO. The van der Waals surface area contributed by atoms with Crippen LogP contribution in [0.2, 0.25) is 0 Å². The second-order valence-corrected chi connectivity index (χ2v) is 4.10. The van der Waals surface area contributed by atoms with E-state index in [-0.39, 0.29) is 0 Å². The van der Waals surface area contributed by atoms with Crippen LogP contribution in [-0.4, -0.2) is 24.7 Å². The smallest absolute Gasteiger partial charge is 0.108 e. The molecular weight excluding hydrogens is 230 g/mol. The maximum absolute atomic E-state index is 5.34. The third-order valence-corrected chi connectivity index (χ3v) is 2.92. The number of halogens is 1. The maximum atomic E-state index is 5.34. The third kappa shape index (κ3) is 2.03. The van der Waals surface area contributed by atoms with E-state index in [1.807, 2.05) is 6.07 Å². The van der Waals surface area contributed by atoms with Gasteiger partial charge in [0.2, 0.25) is 0 Å². The SMILES string of the molecule is BrC1COCCN1c1ccccc1. The van der Waals surface area contributed by atoms with Crippen molar-refractivity contribution in [1.29, 1.82) is 0 Å². The van der Waals surface area contributed by atoms with Crippen molar-refractivity contribution in [3.8, 4) is 0 Å². The Bertz CT molecular complexity index is 265. The van der Waals surface area contributed by atoms with Crippen molar-refractivity contribution < 1.29 is 4.74 Å². The zero-order valence-electron chi connectivity index (χ0n) is 7.32. The molecule has 70 valence electrons. The Morgan fingerprint density at radius 1 is 1.31 bits per heavy atom. The second-order valence-electron chi connectivity index (χ2n) is 3.04. The van der Waals surface area contributed by atoms with E-state index in [0.717, 1.165) is 19.8 Å². The van der Waals surface area contributed by atoms with Gasteiger partial charge in [-0.15, -0.1) is 0 Å². The molecule has 2 nitrogen and oxygen atoms in total. The van der Waals surface area contributed by atoms with Gasteiger partial charge in [-0.1, -0.05) is 34.1 Å². The van der Waals surface area contributed by atoms with Crippen LogP contribution in [-0.2, 0) is 4.74 Å². The summed E-state index contributed by atoms with van der Waals surface area (Å²) in [6.45, 7) is 2.53. The molecule has 0 aliphatic carbocycles. The van der Waals surface area contributed by atoms with Gasteiger partial charge < -0.3 is 9.64 Å². The maximum Gasteiger partial charge on any atom is 0.108 e. The van der Waals surface area contributed by atoms with Crippen molar-refractivity contribution in [2.75, 3.05) is 24.7 Å². The van der Waals surface area contributed by atoms with E-state index in [1.165, 1.54) is 5.69 Å². The molecule has 13 heavy (non-hydrogen) atoms. The first-order valence-electron chi connectivity index (χ1n) is 4.41. The van der Waals surface area contributed by atoms with Gasteiger partial charge in [-0.25, -0.2) is 0 Å². The molecule has 1 unspecified atom stereocenters. The first-order chi connectivity index (χ1) is 6.38. The summed E-state index contributed by atoms with van der Waals surface area (Å²) in [6.07, 6.45) is 0. The lowest BCUT2D eigenvalue weighted by molar-refractivity contribution is 0.116. The Kier molecular flexibility index (Phi) is 2.86. The highest BCUT2D eigenvalue weighted by atomic mass is 79.9. The van der Waals surface area contributed by atoms with E-state index in [9.17, 15) is 0 Å². The van der Waals surface area contributed by atoms with E-state index in [4.69, 9.17) is 4.74 Å². The summed E-state index contributed by atoms with van der Waals surface area (Å²) in [5, 5.41) is 0. The molecule has 1 aromatic carbocycles. The number of rotatable bonds is 1. The highest BCUT2D eigenvalue weighted by Gasteiger charge is 2.19. The molecule has 0 radical (unpaired) electrons. The van der Waals surface area contributed by atoms with Crippen molar-refractivity contribution >= 4 is 21.6 Å². The third-order valence-electron chi connectivity index (χ3n) is 2.16. The summed E-state index contributed by atoms with van der Waals surface area (Å²) >= 11 is 3.59. The van der Waals surface area contributed by atoms with Crippen LogP contribution >= 0.6 is 15.9 Å². The lowest BCUT2D eigenvalue weighted by Gasteiger charge is -2.33. The standard InChI is InChI=1S/C10H12BrNO/c11-10-8-13-7-6-12(10)9-4-2-1-3-5-9/h1-5,10H,6-8H2. The topological polar surface area (TPSA) is 12.5 Å². The fourth-order valence-corrected chi connectivity index (χ4v) is 2.11. The molecule has 1 heterocycles. The lowest BCUT2D eigenvalue weighted by Crippen LogP contribution is -2.41. The lowest BCUT2D eigenvalue weighted by atomic mass is 10.3. The van der Waals surface area contributed by atoms with Crippen molar-refractivity contribution in [3.63, 3.8) is 0 Å². The molecule has 1 aliphatic rings. The van der Waals surface area contributed by atoms with Gasteiger partial charge in [-0.3, -0.25) is 0 Å². The van der Waals surface area contributed by atoms with Gasteiger partial charge in [0.05, 0.1) is 13.2 Å². The molecule has 2 rings (SSSR count). The number of hydrogen-bond donors (Lipinski definition) is 0. The van der Waals surface area contributed by atoms with E-state index < -0.39 is 0 Å². The zero-order chi connectivity index (χ0) is 9.10. The highest BCUT2D eigenvalue weighted by Crippen LogP contribution is 2.21. The molecule has 0 bridgehead atoms. The highest BCUT2D eigenvalue weighted by molar-refractivity contribution is 9.09. The molecule has 1 saturated heterocycles. The van der Waals surface area contributed by atoms with Gasteiger partial charge in [-0.05, 0) is 12.1 Å². The average molecular weight is 242 g/mol. The Morgan fingerprint density at radius 3 is 2.77 bits per heavy atom. The quantitative estimate of drug-likeness (QED) is 0.553.